The minimum absolute atomic E-state index is 0.174. The van der Waals surface area contributed by atoms with Gasteiger partial charge in [0.25, 0.3) is 0 Å². The second kappa shape index (κ2) is 4.08. The Kier molecular flexibility index (Phi) is 2.81. The van der Waals surface area contributed by atoms with Crippen molar-refractivity contribution in [2.75, 3.05) is 7.05 Å². The minimum Gasteiger partial charge on any atom is -0.306 e. The zero-order chi connectivity index (χ0) is 9.97. The van der Waals surface area contributed by atoms with Crippen molar-refractivity contribution in [3.8, 4) is 12.3 Å². The molecule has 1 heterocycles. The Morgan fingerprint density at radius 1 is 1.57 bits per heavy atom. The van der Waals surface area contributed by atoms with Crippen LogP contribution in [0.1, 0.15) is 5.56 Å². The molecule has 2 heteroatoms. The molecule has 1 aromatic carbocycles. The summed E-state index contributed by atoms with van der Waals surface area (Å²) < 4.78 is 0. The lowest BCUT2D eigenvalue weighted by molar-refractivity contribution is 0.652. The zero-order valence-electron chi connectivity index (χ0n) is 8.16. The van der Waals surface area contributed by atoms with Gasteiger partial charge in [-0.2, -0.15) is 0 Å². The predicted octanol–water partition coefficient (Wildman–Crippen LogP) is 1.92. The van der Waals surface area contributed by atoms with Gasteiger partial charge in [-0.15, -0.1) is 18.2 Å². The van der Waals surface area contributed by atoms with Crippen LogP contribution in [-0.2, 0) is 6.42 Å². The Morgan fingerprint density at radius 2 is 2.36 bits per heavy atom. The molecule has 2 rings (SSSR count). The van der Waals surface area contributed by atoms with Gasteiger partial charge in [0.1, 0.15) is 0 Å². The van der Waals surface area contributed by atoms with Crippen LogP contribution in [-0.4, -0.2) is 18.3 Å². The molecule has 1 aromatic rings. The quantitative estimate of drug-likeness (QED) is 0.737. The van der Waals surface area contributed by atoms with Crippen LogP contribution in [0.2, 0.25) is 0 Å². The van der Waals surface area contributed by atoms with Crippen molar-refractivity contribution in [1.82, 2.24) is 5.32 Å². The van der Waals surface area contributed by atoms with E-state index in [0.29, 0.717) is 5.25 Å². The van der Waals surface area contributed by atoms with Gasteiger partial charge in [-0.25, -0.2) is 0 Å². The summed E-state index contributed by atoms with van der Waals surface area (Å²) in [6.07, 6.45) is 6.55. The van der Waals surface area contributed by atoms with Crippen LogP contribution in [0.25, 0.3) is 0 Å². The summed E-state index contributed by atoms with van der Waals surface area (Å²) in [6.45, 7) is 0. The number of terminal acetylenes is 1. The SMILES string of the molecule is C#CC(NC)C1Cc2ccccc2S1. The number of hydrogen-bond donors (Lipinski definition) is 1. The van der Waals surface area contributed by atoms with Crippen molar-refractivity contribution < 1.29 is 0 Å². The standard InChI is InChI=1S/C12H13NS/c1-3-10(13-2)12-8-9-6-4-5-7-11(9)14-12/h1,4-7,10,12-13H,8H2,2H3. The highest BCUT2D eigenvalue weighted by molar-refractivity contribution is 8.00. The van der Waals surface area contributed by atoms with Crippen molar-refractivity contribution in [2.45, 2.75) is 22.6 Å². The van der Waals surface area contributed by atoms with Crippen LogP contribution in [0, 0.1) is 12.3 Å². The second-order valence-electron chi connectivity index (χ2n) is 3.40. The Labute approximate surface area is 89.3 Å². The molecule has 1 N–H and O–H groups in total. The average Bonchev–Trinajstić information content (AvgIpc) is 2.63. The van der Waals surface area contributed by atoms with E-state index in [9.17, 15) is 0 Å². The Bertz CT molecular complexity index is 342. The average molecular weight is 203 g/mol. The Balaban J connectivity index is 2.16. The van der Waals surface area contributed by atoms with Crippen molar-refractivity contribution in [1.29, 1.82) is 0 Å². The fourth-order valence-corrected chi connectivity index (χ4v) is 3.17. The van der Waals surface area contributed by atoms with Crippen molar-refractivity contribution >= 4 is 11.8 Å². The van der Waals surface area contributed by atoms with Gasteiger partial charge in [0.2, 0.25) is 0 Å². The van der Waals surface area contributed by atoms with E-state index in [1.807, 2.05) is 18.8 Å². The minimum atomic E-state index is 0.174. The van der Waals surface area contributed by atoms with Crippen LogP contribution >= 0.6 is 11.8 Å². The molecular weight excluding hydrogens is 190 g/mol. The topological polar surface area (TPSA) is 12.0 Å². The van der Waals surface area contributed by atoms with Gasteiger partial charge in [0, 0.05) is 10.1 Å². The molecule has 0 amide bonds. The highest BCUT2D eigenvalue weighted by atomic mass is 32.2. The lowest BCUT2D eigenvalue weighted by Gasteiger charge is -2.15. The molecule has 0 bridgehead atoms. The maximum atomic E-state index is 5.47. The number of fused-ring (bicyclic) bond motifs is 1. The van der Waals surface area contributed by atoms with E-state index < -0.39 is 0 Å². The normalized spacial score (nSPS) is 21.3. The van der Waals surface area contributed by atoms with Crippen LogP contribution in [0.4, 0.5) is 0 Å². The number of thioether (sulfide) groups is 1. The molecule has 0 saturated heterocycles. The van der Waals surface area contributed by atoms with E-state index >= 15 is 0 Å². The van der Waals surface area contributed by atoms with E-state index in [0.717, 1.165) is 6.42 Å². The van der Waals surface area contributed by atoms with Crippen LogP contribution in [0.3, 0.4) is 0 Å². The lowest BCUT2D eigenvalue weighted by atomic mass is 10.1. The Hall–Kier alpha value is -0.910. The van der Waals surface area contributed by atoms with Crippen LogP contribution in [0.15, 0.2) is 29.2 Å². The first kappa shape index (κ1) is 9.64. The molecule has 1 aliphatic heterocycles. The third kappa shape index (κ3) is 1.66. The molecule has 0 spiro atoms. The molecule has 2 unspecified atom stereocenters. The first-order chi connectivity index (χ1) is 6.85. The molecule has 0 fully saturated rings. The monoisotopic (exact) mass is 203 g/mol. The van der Waals surface area contributed by atoms with E-state index in [-0.39, 0.29) is 6.04 Å². The van der Waals surface area contributed by atoms with Crippen molar-refractivity contribution in [2.24, 2.45) is 0 Å². The molecular formula is C12H13NS. The highest BCUT2D eigenvalue weighted by Crippen LogP contribution is 2.37. The molecule has 14 heavy (non-hydrogen) atoms. The van der Waals surface area contributed by atoms with E-state index in [2.05, 4.69) is 35.5 Å². The summed E-state index contributed by atoms with van der Waals surface area (Å²) in [5, 5.41) is 3.66. The predicted molar refractivity (Wildman–Crippen MR) is 61.5 cm³/mol. The van der Waals surface area contributed by atoms with Crippen molar-refractivity contribution in [3.63, 3.8) is 0 Å². The molecule has 1 nitrogen and oxygen atoms in total. The maximum absolute atomic E-state index is 5.47. The number of rotatable bonds is 2. The number of benzene rings is 1. The van der Waals surface area contributed by atoms with Gasteiger partial charge in [0.05, 0.1) is 6.04 Å². The summed E-state index contributed by atoms with van der Waals surface area (Å²) in [5.41, 5.74) is 1.43. The fraction of sp³-hybridized carbons (Fsp3) is 0.333. The third-order valence-electron chi connectivity index (χ3n) is 2.53. The summed E-state index contributed by atoms with van der Waals surface area (Å²) in [5.74, 6) is 2.80. The van der Waals surface area contributed by atoms with Gasteiger partial charge < -0.3 is 5.32 Å². The molecule has 0 saturated carbocycles. The third-order valence-corrected chi connectivity index (χ3v) is 3.93. The first-order valence-electron chi connectivity index (χ1n) is 4.73. The number of hydrogen-bond acceptors (Lipinski definition) is 2. The molecule has 1 aliphatic rings. The van der Waals surface area contributed by atoms with Crippen molar-refractivity contribution in [3.05, 3.63) is 29.8 Å². The lowest BCUT2D eigenvalue weighted by Crippen LogP contribution is -2.33. The van der Waals surface area contributed by atoms with E-state index in [1.54, 1.807) is 0 Å². The molecule has 0 aliphatic carbocycles. The highest BCUT2D eigenvalue weighted by Gasteiger charge is 2.26. The largest absolute Gasteiger partial charge is 0.306 e. The number of nitrogens with one attached hydrogen (secondary N) is 1. The van der Waals surface area contributed by atoms with E-state index in [4.69, 9.17) is 6.42 Å². The first-order valence-corrected chi connectivity index (χ1v) is 5.61. The van der Waals surface area contributed by atoms with Crippen LogP contribution in [0.5, 0.6) is 0 Å². The van der Waals surface area contributed by atoms with Gasteiger partial charge in [-0.3, -0.25) is 0 Å². The molecule has 0 radical (unpaired) electrons. The van der Waals surface area contributed by atoms with Gasteiger partial charge >= 0.3 is 0 Å². The zero-order valence-corrected chi connectivity index (χ0v) is 8.97. The summed E-state index contributed by atoms with van der Waals surface area (Å²) in [7, 11) is 1.92. The summed E-state index contributed by atoms with van der Waals surface area (Å²) >= 11 is 1.89. The molecule has 0 aromatic heterocycles. The van der Waals surface area contributed by atoms with Crippen LogP contribution < -0.4 is 5.32 Å². The summed E-state index contributed by atoms with van der Waals surface area (Å²) in [6, 6.07) is 8.70. The molecule has 72 valence electrons. The molecule has 2 atom stereocenters. The maximum Gasteiger partial charge on any atom is 0.0811 e. The van der Waals surface area contributed by atoms with Gasteiger partial charge in [0.15, 0.2) is 0 Å². The second-order valence-corrected chi connectivity index (χ2v) is 4.68. The Morgan fingerprint density at radius 3 is 3.00 bits per heavy atom. The van der Waals surface area contributed by atoms with Gasteiger partial charge in [-0.05, 0) is 25.1 Å². The smallest absolute Gasteiger partial charge is 0.0811 e. The van der Waals surface area contributed by atoms with E-state index in [1.165, 1.54) is 10.5 Å². The summed E-state index contributed by atoms with van der Waals surface area (Å²) in [4.78, 5) is 1.38. The van der Waals surface area contributed by atoms with Gasteiger partial charge in [-0.1, -0.05) is 24.1 Å². The fourth-order valence-electron chi connectivity index (χ4n) is 1.77.